The van der Waals surface area contributed by atoms with E-state index in [1.165, 1.54) is 6.07 Å². The van der Waals surface area contributed by atoms with Crippen LogP contribution in [-0.2, 0) is 18.0 Å². The summed E-state index contributed by atoms with van der Waals surface area (Å²) < 4.78 is 6.22. The fraction of sp³-hybridized carbons (Fsp3) is 0.182. The Hall–Kier alpha value is -0.840. The molecule has 0 unspecified atom stereocenters. The molecule has 0 saturated heterocycles. The van der Waals surface area contributed by atoms with Crippen molar-refractivity contribution < 1.29 is 4.74 Å². The molecule has 0 bridgehead atoms. The highest BCUT2D eigenvalue weighted by Gasteiger charge is 2.21. The van der Waals surface area contributed by atoms with Crippen LogP contribution in [0.15, 0.2) is 21.4 Å². The van der Waals surface area contributed by atoms with E-state index in [2.05, 4.69) is 20.9 Å². The monoisotopic (exact) mass is 299 g/mol. The molecular weight excluding hydrogens is 293 g/mol. The van der Waals surface area contributed by atoms with Gasteiger partial charge in [-0.3, -0.25) is 4.79 Å². The van der Waals surface area contributed by atoms with Gasteiger partial charge in [-0.1, -0.05) is 11.6 Å². The van der Waals surface area contributed by atoms with Gasteiger partial charge in [0.1, 0.15) is 0 Å². The summed E-state index contributed by atoms with van der Waals surface area (Å²) in [5.41, 5.74) is 2.69. The molecule has 1 N–H and O–H groups in total. The van der Waals surface area contributed by atoms with E-state index in [0.29, 0.717) is 23.8 Å². The van der Waals surface area contributed by atoms with Crippen molar-refractivity contribution in [2.75, 3.05) is 0 Å². The van der Waals surface area contributed by atoms with Crippen LogP contribution in [0.5, 0.6) is 0 Å². The van der Waals surface area contributed by atoms with E-state index in [0.717, 1.165) is 21.0 Å². The van der Waals surface area contributed by atoms with Gasteiger partial charge in [0.15, 0.2) is 0 Å². The van der Waals surface area contributed by atoms with Gasteiger partial charge in [0, 0.05) is 15.9 Å². The number of pyridine rings is 1. The van der Waals surface area contributed by atoms with E-state index in [1.54, 1.807) is 6.07 Å². The summed E-state index contributed by atoms with van der Waals surface area (Å²) in [6.45, 7) is 1.12. The summed E-state index contributed by atoms with van der Waals surface area (Å²) in [6, 6.07) is 3.30. The molecule has 2 heterocycles. The SMILES string of the molecule is O=c1ccc2c3c(c(Br)c(Cl)c2[nH]1)COC3. The smallest absolute Gasteiger partial charge is 0.248 e. The van der Waals surface area contributed by atoms with E-state index < -0.39 is 0 Å². The number of ether oxygens (including phenoxy) is 1. The van der Waals surface area contributed by atoms with Gasteiger partial charge in [0.2, 0.25) is 5.56 Å². The molecule has 0 amide bonds. The number of benzene rings is 1. The molecule has 0 atom stereocenters. The minimum absolute atomic E-state index is 0.153. The molecule has 1 aliphatic rings. The maximum absolute atomic E-state index is 11.3. The zero-order chi connectivity index (χ0) is 11.3. The van der Waals surface area contributed by atoms with Crippen LogP contribution in [-0.4, -0.2) is 4.98 Å². The lowest BCUT2D eigenvalue weighted by Gasteiger charge is -2.08. The number of rotatable bonds is 0. The third kappa shape index (κ3) is 1.34. The second-order valence-electron chi connectivity index (χ2n) is 3.69. The first-order valence-electron chi connectivity index (χ1n) is 4.78. The predicted octanol–water partition coefficient (Wildman–Crippen LogP) is 2.97. The van der Waals surface area contributed by atoms with E-state index in [-0.39, 0.29) is 5.56 Å². The van der Waals surface area contributed by atoms with E-state index >= 15 is 0 Å². The van der Waals surface area contributed by atoms with E-state index in [1.807, 2.05) is 0 Å². The van der Waals surface area contributed by atoms with Crippen molar-refractivity contribution in [3.05, 3.63) is 43.1 Å². The average molecular weight is 301 g/mol. The number of aromatic nitrogens is 1. The summed E-state index contributed by atoms with van der Waals surface area (Å²) in [5.74, 6) is 0. The summed E-state index contributed by atoms with van der Waals surface area (Å²) in [5, 5.41) is 1.50. The molecule has 16 heavy (non-hydrogen) atoms. The summed E-state index contributed by atoms with van der Waals surface area (Å²) in [7, 11) is 0. The second-order valence-corrected chi connectivity index (χ2v) is 4.86. The van der Waals surface area contributed by atoms with Crippen molar-refractivity contribution in [3.8, 4) is 0 Å². The third-order valence-corrected chi connectivity index (χ3v) is 4.26. The molecule has 0 spiro atoms. The van der Waals surface area contributed by atoms with Gasteiger partial charge < -0.3 is 9.72 Å². The van der Waals surface area contributed by atoms with Gasteiger partial charge in [-0.05, 0) is 33.1 Å². The molecule has 0 radical (unpaired) electrons. The van der Waals surface area contributed by atoms with Crippen LogP contribution < -0.4 is 5.56 Å². The summed E-state index contributed by atoms with van der Waals surface area (Å²) in [6.07, 6.45) is 0. The number of nitrogens with one attached hydrogen (secondary N) is 1. The topological polar surface area (TPSA) is 42.1 Å². The maximum atomic E-state index is 11.3. The van der Waals surface area contributed by atoms with Crippen molar-refractivity contribution in [2.24, 2.45) is 0 Å². The molecule has 82 valence electrons. The maximum Gasteiger partial charge on any atom is 0.248 e. The van der Waals surface area contributed by atoms with E-state index in [4.69, 9.17) is 16.3 Å². The van der Waals surface area contributed by atoms with Crippen molar-refractivity contribution in [2.45, 2.75) is 13.2 Å². The Morgan fingerprint density at radius 3 is 2.88 bits per heavy atom. The van der Waals surface area contributed by atoms with Gasteiger partial charge in [-0.15, -0.1) is 0 Å². The largest absolute Gasteiger partial charge is 0.372 e. The molecule has 1 aliphatic heterocycles. The van der Waals surface area contributed by atoms with Gasteiger partial charge in [-0.2, -0.15) is 0 Å². The molecule has 0 fully saturated rings. The highest BCUT2D eigenvalue weighted by molar-refractivity contribution is 9.10. The summed E-state index contributed by atoms with van der Waals surface area (Å²) in [4.78, 5) is 14.0. The Bertz CT molecular complexity index is 650. The molecule has 5 heteroatoms. The van der Waals surface area contributed by atoms with Crippen molar-refractivity contribution in [1.82, 2.24) is 4.98 Å². The fourth-order valence-corrected chi connectivity index (χ4v) is 2.82. The van der Waals surface area contributed by atoms with Crippen LogP contribution in [0.1, 0.15) is 11.1 Å². The average Bonchev–Trinajstić information content (AvgIpc) is 2.75. The first-order valence-corrected chi connectivity index (χ1v) is 5.95. The van der Waals surface area contributed by atoms with Crippen molar-refractivity contribution in [1.29, 1.82) is 0 Å². The predicted molar refractivity (Wildman–Crippen MR) is 65.8 cm³/mol. The number of H-pyrrole nitrogens is 1. The molecule has 2 aromatic rings. The minimum Gasteiger partial charge on any atom is -0.372 e. The highest BCUT2D eigenvalue weighted by atomic mass is 79.9. The van der Waals surface area contributed by atoms with Gasteiger partial charge >= 0.3 is 0 Å². The van der Waals surface area contributed by atoms with Crippen LogP contribution in [0, 0.1) is 0 Å². The fourth-order valence-electron chi connectivity index (χ4n) is 2.01. The normalized spacial score (nSPS) is 14.4. The number of aromatic amines is 1. The Labute approximate surface area is 105 Å². The lowest BCUT2D eigenvalue weighted by molar-refractivity contribution is 0.134. The van der Waals surface area contributed by atoms with Crippen LogP contribution >= 0.6 is 27.5 Å². The quantitative estimate of drug-likeness (QED) is 0.813. The Kier molecular flexibility index (Phi) is 2.31. The molecule has 0 aliphatic carbocycles. The molecule has 3 nitrogen and oxygen atoms in total. The number of fused-ring (bicyclic) bond motifs is 3. The lowest BCUT2D eigenvalue weighted by Crippen LogP contribution is -2.04. The van der Waals surface area contributed by atoms with Crippen LogP contribution in [0.2, 0.25) is 5.02 Å². The summed E-state index contributed by atoms with van der Waals surface area (Å²) >= 11 is 9.65. The second kappa shape index (κ2) is 3.58. The zero-order valence-electron chi connectivity index (χ0n) is 8.14. The molecule has 1 aromatic heterocycles. The van der Waals surface area contributed by atoms with Crippen LogP contribution in [0.4, 0.5) is 0 Å². The molecule has 3 rings (SSSR count). The van der Waals surface area contributed by atoms with Crippen LogP contribution in [0.25, 0.3) is 10.9 Å². The number of halogens is 2. The van der Waals surface area contributed by atoms with Gasteiger partial charge in [0.05, 0.1) is 23.8 Å². The molecule has 0 saturated carbocycles. The highest BCUT2D eigenvalue weighted by Crippen LogP contribution is 2.39. The Morgan fingerprint density at radius 1 is 1.31 bits per heavy atom. The van der Waals surface area contributed by atoms with Crippen molar-refractivity contribution in [3.63, 3.8) is 0 Å². The van der Waals surface area contributed by atoms with Crippen molar-refractivity contribution >= 4 is 38.4 Å². The standard InChI is InChI=1S/C11H7BrClNO2/c12-9-7-4-16-3-6(7)5-1-2-8(15)14-11(5)10(9)13/h1-2H,3-4H2,(H,14,15). The Morgan fingerprint density at radius 2 is 2.06 bits per heavy atom. The van der Waals surface area contributed by atoms with Gasteiger partial charge in [-0.25, -0.2) is 0 Å². The minimum atomic E-state index is -0.153. The zero-order valence-corrected chi connectivity index (χ0v) is 10.5. The van der Waals surface area contributed by atoms with E-state index in [9.17, 15) is 4.79 Å². The van der Waals surface area contributed by atoms with Crippen LogP contribution in [0.3, 0.4) is 0 Å². The lowest BCUT2D eigenvalue weighted by atomic mass is 10.0. The number of hydrogen-bond donors (Lipinski definition) is 1. The molecule has 1 aromatic carbocycles. The first kappa shape index (κ1) is 10.3. The Balaban J connectivity index is 2.54. The third-order valence-electron chi connectivity index (χ3n) is 2.78. The first-order chi connectivity index (χ1) is 7.68. The number of hydrogen-bond acceptors (Lipinski definition) is 2. The molecular formula is C11H7BrClNO2. The van der Waals surface area contributed by atoms with Gasteiger partial charge in [0.25, 0.3) is 0 Å².